The quantitative estimate of drug-likeness (QED) is 0.813. The van der Waals surface area contributed by atoms with Crippen molar-refractivity contribution in [1.29, 1.82) is 0 Å². The fraction of sp³-hybridized carbons (Fsp3) is 0.533. The average Bonchev–Trinajstić information content (AvgIpc) is 3.20. The third-order valence-electron chi connectivity index (χ3n) is 3.56. The molecule has 0 spiro atoms. The number of hydrogen-bond donors (Lipinski definition) is 1. The second-order valence-electron chi connectivity index (χ2n) is 5.14. The number of esters is 1. The molecule has 2 rings (SSSR count). The van der Waals surface area contributed by atoms with E-state index in [0.717, 1.165) is 12.8 Å². The van der Waals surface area contributed by atoms with Crippen LogP contribution in [0.3, 0.4) is 0 Å². The maximum atomic E-state index is 11.7. The summed E-state index contributed by atoms with van der Waals surface area (Å²) in [5, 5.41) is 3.39. The maximum Gasteiger partial charge on any atom is 0.323 e. The molecule has 18 heavy (non-hydrogen) atoms. The minimum Gasteiger partial charge on any atom is -0.468 e. The summed E-state index contributed by atoms with van der Waals surface area (Å²) < 4.78 is 4.87. The van der Waals surface area contributed by atoms with Crippen LogP contribution in [0.2, 0.25) is 0 Å². The first-order valence-corrected chi connectivity index (χ1v) is 6.52. The summed E-state index contributed by atoms with van der Waals surface area (Å²) in [6.07, 6.45) is 2.24. The predicted octanol–water partition coefficient (Wildman–Crippen LogP) is 2.60. The van der Waals surface area contributed by atoms with E-state index < -0.39 is 0 Å². The van der Waals surface area contributed by atoms with Gasteiger partial charge in [-0.05, 0) is 38.2 Å². The number of carbonyl (C=O) groups is 1. The van der Waals surface area contributed by atoms with Gasteiger partial charge in [0.05, 0.1) is 7.11 Å². The van der Waals surface area contributed by atoms with Crippen molar-refractivity contribution in [2.24, 2.45) is 5.92 Å². The van der Waals surface area contributed by atoms with Crippen LogP contribution in [0.1, 0.15) is 36.9 Å². The van der Waals surface area contributed by atoms with Crippen LogP contribution < -0.4 is 5.32 Å². The van der Waals surface area contributed by atoms with Crippen molar-refractivity contribution < 1.29 is 9.53 Å². The van der Waals surface area contributed by atoms with Crippen LogP contribution in [0, 0.1) is 12.8 Å². The van der Waals surface area contributed by atoms with Crippen molar-refractivity contribution in [3.05, 3.63) is 35.4 Å². The van der Waals surface area contributed by atoms with Crippen LogP contribution in [0.25, 0.3) is 0 Å². The topological polar surface area (TPSA) is 38.3 Å². The Morgan fingerprint density at radius 3 is 2.44 bits per heavy atom. The Bertz CT molecular complexity index is 409. The van der Waals surface area contributed by atoms with Crippen LogP contribution in [0.5, 0.6) is 0 Å². The SMILES string of the molecule is COC(=O)C(NC(C)c1ccc(C)cc1)C1CC1. The molecule has 2 unspecified atom stereocenters. The molecule has 0 amide bonds. The molecule has 0 aliphatic heterocycles. The van der Waals surface area contributed by atoms with Gasteiger partial charge in [-0.25, -0.2) is 0 Å². The Balaban J connectivity index is 2.02. The number of carbonyl (C=O) groups excluding carboxylic acids is 1. The minimum atomic E-state index is -0.161. The van der Waals surface area contributed by atoms with Crippen molar-refractivity contribution in [3.63, 3.8) is 0 Å². The molecule has 1 aromatic carbocycles. The van der Waals surface area contributed by atoms with Crippen LogP contribution in [0.4, 0.5) is 0 Å². The molecule has 0 saturated heterocycles. The van der Waals surface area contributed by atoms with Gasteiger partial charge in [0.15, 0.2) is 0 Å². The van der Waals surface area contributed by atoms with E-state index >= 15 is 0 Å². The normalized spacial score (nSPS) is 18.2. The fourth-order valence-corrected chi connectivity index (χ4v) is 2.17. The standard InChI is InChI=1S/C15H21NO2/c1-10-4-6-12(7-5-10)11(2)16-14(13-8-9-13)15(17)18-3/h4-7,11,13-14,16H,8-9H2,1-3H3. The molecule has 1 saturated carbocycles. The predicted molar refractivity (Wildman–Crippen MR) is 71.3 cm³/mol. The van der Waals surface area contributed by atoms with Crippen LogP contribution in [-0.4, -0.2) is 19.1 Å². The Labute approximate surface area is 109 Å². The molecule has 1 fully saturated rings. The minimum absolute atomic E-state index is 0.142. The zero-order chi connectivity index (χ0) is 13.1. The lowest BCUT2D eigenvalue weighted by Crippen LogP contribution is -2.40. The van der Waals surface area contributed by atoms with Gasteiger partial charge in [-0.2, -0.15) is 0 Å². The number of rotatable bonds is 5. The van der Waals surface area contributed by atoms with Crippen molar-refractivity contribution in [2.45, 2.75) is 38.8 Å². The molecule has 0 aromatic heterocycles. The molecular weight excluding hydrogens is 226 g/mol. The van der Waals surface area contributed by atoms with Gasteiger partial charge in [0.2, 0.25) is 0 Å². The van der Waals surface area contributed by atoms with E-state index in [1.807, 2.05) is 0 Å². The van der Waals surface area contributed by atoms with Crippen LogP contribution in [-0.2, 0) is 9.53 Å². The Hall–Kier alpha value is -1.35. The monoisotopic (exact) mass is 247 g/mol. The summed E-state index contributed by atoms with van der Waals surface area (Å²) in [5.74, 6) is 0.307. The summed E-state index contributed by atoms with van der Waals surface area (Å²) in [4.78, 5) is 11.7. The van der Waals surface area contributed by atoms with Gasteiger partial charge >= 0.3 is 5.97 Å². The Kier molecular flexibility index (Phi) is 4.02. The smallest absolute Gasteiger partial charge is 0.323 e. The van der Waals surface area contributed by atoms with Crippen LogP contribution >= 0.6 is 0 Å². The lowest BCUT2D eigenvalue weighted by atomic mass is 10.0. The van der Waals surface area contributed by atoms with Crippen molar-refractivity contribution in [1.82, 2.24) is 5.32 Å². The zero-order valence-electron chi connectivity index (χ0n) is 11.3. The second kappa shape index (κ2) is 5.53. The van der Waals surface area contributed by atoms with Gasteiger partial charge in [0.25, 0.3) is 0 Å². The molecule has 3 heteroatoms. The van der Waals surface area contributed by atoms with E-state index in [2.05, 4.69) is 43.4 Å². The van der Waals surface area contributed by atoms with E-state index in [1.165, 1.54) is 18.2 Å². The first-order valence-electron chi connectivity index (χ1n) is 6.52. The number of ether oxygens (including phenoxy) is 1. The summed E-state index contributed by atoms with van der Waals surface area (Å²) in [6.45, 7) is 4.16. The summed E-state index contributed by atoms with van der Waals surface area (Å²) in [7, 11) is 1.45. The van der Waals surface area contributed by atoms with Gasteiger partial charge < -0.3 is 4.74 Å². The highest BCUT2D eigenvalue weighted by molar-refractivity contribution is 5.76. The van der Waals surface area contributed by atoms with E-state index in [-0.39, 0.29) is 18.1 Å². The Morgan fingerprint density at radius 1 is 1.33 bits per heavy atom. The molecule has 1 aromatic rings. The molecular formula is C15H21NO2. The first-order chi connectivity index (χ1) is 8.61. The number of aryl methyl sites for hydroxylation is 1. The molecule has 2 atom stereocenters. The van der Waals surface area contributed by atoms with Crippen molar-refractivity contribution in [2.75, 3.05) is 7.11 Å². The van der Waals surface area contributed by atoms with Gasteiger partial charge in [-0.3, -0.25) is 10.1 Å². The largest absolute Gasteiger partial charge is 0.468 e. The van der Waals surface area contributed by atoms with E-state index in [9.17, 15) is 4.79 Å². The van der Waals surface area contributed by atoms with E-state index in [4.69, 9.17) is 4.74 Å². The Morgan fingerprint density at radius 2 is 1.94 bits per heavy atom. The average molecular weight is 247 g/mol. The van der Waals surface area contributed by atoms with Gasteiger partial charge in [0.1, 0.15) is 6.04 Å². The molecule has 98 valence electrons. The first kappa shape index (κ1) is 13.1. The molecule has 3 nitrogen and oxygen atoms in total. The highest BCUT2D eigenvalue weighted by Gasteiger charge is 2.37. The third kappa shape index (κ3) is 3.10. The molecule has 1 aliphatic rings. The molecule has 0 bridgehead atoms. The maximum absolute atomic E-state index is 11.7. The number of benzene rings is 1. The lowest BCUT2D eigenvalue weighted by molar-refractivity contribution is -0.144. The van der Waals surface area contributed by atoms with E-state index in [0.29, 0.717) is 5.92 Å². The third-order valence-corrected chi connectivity index (χ3v) is 3.56. The van der Waals surface area contributed by atoms with Gasteiger partial charge in [0, 0.05) is 6.04 Å². The van der Waals surface area contributed by atoms with Gasteiger partial charge in [-0.15, -0.1) is 0 Å². The molecule has 0 radical (unpaired) electrons. The number of methoxy groups -OCH3 is 1. The van der Waals surface area contributed by atoms with Gasteiger partial charge in [-0.1, -0.05) is 29.8 Å². The van der Waals surface area contributed by atoms with E-state index in [1.54, 1.807) is 0 Å². The molecule has 0 heterocycles. The summed E-state index contributed by atoms with van der Waals surface area (Å²) >= 11 is 0. The lowest BCUT2D eigenvalue weighted by Gasteiger charge is -2.21. The van der Waals surface area contributed by atoms with Crippen molar-refractivity contribution >= 4 is 5.97 Å². The summed E-state index contributed by atoms with van der Waals surface area (Å²) in [6, 6.07) is 8.40. The highest BCUT2D eigenvalue weighted by Crippen LogP contribution is 2.34. The highest BCUT2D eigenvalue weighted by atomic mass is 16.5. The zero-order valence-corrected chi connectivity index (χ0v) is 11.3. The summed E-state index contributed by atoms with van der Waals surface area (Å²) in [5.41, 5.74) is 2.45. The second-order valence-corrected chi connectivity index (χ2v) is 5.14. The fourth-order valence-electron chi connectivity index (χ4n) is 2.17. The van der Waals surface area contributed by atoms with Crippen LogP contribution in [0.15, 0.2) is 24.3 Å². The number of hydrogen-bond acceptors (Lipinski definition) is 3. The van der Waals surface area contributed by atoms with Crippen molar-refractivity contribution in [3.8, 4) is 0 Å². The molecule has 1 N–H and O–H groups in total. The molecule has 1 aliphatic carbocycles. The number of nitrogens with one attached hydrogen (secondary N) is 1.